The zero-order valence-electron chi connectivity index (χ0n) is 5.29. The molecule has 4 nitrogen and oxygen atoms in total. The number of ether oxygens (including phenoxy) is 1. The van der Waals surface area contributed by atoms with Gasteiger partial charge in [0.25, 0.3) is 1.43 Å². The van der Waals surface area contributed by atoms with Gasteiger partial charge in [0.1, 0.15) is 6.61 Å². The molecule has 2 N–H and O–H groups in total. The molecule has 0 atom stereocenters. The monoisotopic (exact) mass is 121 g/mol. The highest BCUT2D eigenvalue weighted by Gasteiger charge is 1.92. The maximum atomic E-state index is 10.1. The lowest BCUT2D eigenvalue weighted by Gasteiger charge is -1.93. The molecule has 48 valence electrons. The van der Waals surface area contributed by atoms with Crippen molar-refractivity contribution in [1.29, 1.82) is 1.43 Å². The summed E-state index contributed by atoms with van der Waals surface area (Å²) in [4.78, 5) is 10.1. The van der Waals surface area contributed by atoms with E-state index in [0.29, 0.717) is 0 Å². The molecule has 0 unspecified atom stereocenters. The summed E-state index contributed by atoms with van der Waals surface area (Å²) in [5.74, 6) is -0.761. The highest BCUT2D eigenvalue weighted by Crippen LogP contribution is 1.70. The molecule has 0 aliphatic carbocycles. The van der Waals surface area contributed by atoms with Gasteiger partial charge in [-0.2, -0.15) is 0 Å². The van der Waals surface area contributed by atoms with Crippen molar-refractivity contribution < 1.29 is 19.7 Å². The first-order chi connectivity index (χ1) is 4.31. The summed E-state index contributed by atoms with van der Waals surface area (Å²) in [6.07, 6.45) is 0. The van der Waals surface area contributed by atoms with Crippen molar-refractivity contribution in [1.82, 2.24) is 0 Å². The predicted octanol–water partition coefficient (Wildman–Crippen LogP) is -0.920. The number of carboxylic acids is 1. The van der Waals surface area contributed by atoms with Crippen LogP contribution in [0.1, 0.15) is 0 Å². The normalized spacial score (nSPS) is 10.4. The second-order valence-corrected chi connectivity index (χ2v) is 1.15. The molecule has 0 aromatic rings. The van der Waals surface area contributed by atoms with Gasteiger partial charge in [0, 0.05) is 0 Å². The van der Waals surface area contributed by atoms with Gasteiger partial charge in [-0.3, -0.25) is 0 Å². The van der Waals surface area contributed by atoms with Crippen LogP contribution < -0.4 is 0 Å². The summed E-state index contributed by atoms with van der Waals surface area (Å²) in [6.45, 7) is -0.315. The molecule has 0 bridgehead atoms. The topological polar surface area (TPSA) is 66.8 Å². The fourth-order valence-electron chi connectivity index (χ4n) is 0.220. The van der Waals surface area contributed by atoms with Crippen LogP contribution in [-0.4, -0.2) is 36.0 Å². The third-order valence-electron chi connectivity index (χ3n) is 0.456. The number of aliphatic hydroxyl groups excluding tert-OH is 1. The number of aliphatic hydroxyl groups is 1. The molecule has 8 heavy (non-hydrogen) atoms. The Morgan fingerprint density at radius 1 is 1.88 bits per heavy atom. The molecule has 4 heteroatoms. The van der Waals surface area contributed by atoms with Gasteiger partial charge < -0.3 is 15.0 Å². The van der Waals surface area contributed by atoms with E-state index in [4.69, 9.17) is 6.54 Å². The Morgan fingerprint density at radius 3 is 3.12 bits per heavy atom. The molecule has 0 saturated heterocycles. The average Bonchev–Trinajstić information content (AvgIpc) is 1.89. The summed E-state index contributed by atoms with van der Waals surface area (Å²) in [5, 5.41) is 11.6. The van der Waals surface area contributed by atoms with Crippen LogP contribution in [0.2, 0.25) is 0 Å². The maximum absolute atomic E-state index is 10.1. The van der Waals surface area contributed by atoms with E-state index < -0.39 is 5.97 Å². The third kappa shape index (κ3) is 5.39. The van der Waals surface area contributed by atoms with Crippen LogP contribution in [0, 0.1) is 0 Å². The van der Waals surface area contributed by atoms with Crippen molar-refractivity contribution >= 4 is 5.97 Å². The van der Waals surface area contributed by atoms with E-state index in [1.807, 2.05) is 0 Å². The minimum atomic E-state index is -0.761. The molecule has 0 aromatic heterocycles. The van der Waals surface area contributed by atoms with Gasteiger partial charge in [-0.1, -0.05) is 0 Å². The molecular formula is C4H8O4. The molecule has 0 rings (SSSR count). The lowest BCUT2D eigenvalue weighted by atomic mass is 10.7. The molecule has 0 saturated carbocycles. The van der Waals surface area contributed by atoms with Gasteiger partial charge in [0.2, 0.25) is 0 Å². The SMILES string of the molecule is [2H]OC(=O)COCCO. The summed E-state index contributed by atoms with van der Waals surface area (Å²) in [5.41, 5.74) is 0. The van der Waals surface area contributed by atoms with E-state index in [1.165, 1.54) is 0 Å². The van der Waals surface area contributed by atoms with Crippen molar-refractivity contribution in [2.75, 3.05) is 19.8 Å². The third-order valence-corrected chi connectivity index (χ3v) is 0.456. The minimum Gasteiger partial charge on any atom is -0.480 e. The predicted molar refractivity (Wildman–Crippen MR) is 25.5 cm³/mol. The molecule has 0 amide bonds. The van der Waals surface area contributed by atoms with Crippen molar-refractivity contribution in [3.63, 3.8) is 0 Å². The van der Waals surface area contributed by atoms with Crippen molar-refractivity contribution in [3.8, 4) is 0 Å². The van der Waals surface area contributed by atoms with Crippen LogP contribution in [0.15, 0.2) is 0 Å². The van der Waals surface area contributed by atoms with Gasteiger partial charge in [-0.15, -0.1) is 0 Å². The Balaban J connectivity index is 2.97. The summed E-state index contributed by atoms with van der Waals surface area (Å²) in [6, 6.07) is 0. The average molecular weight is 121 g/mol. The Morgan fingerprint density at radius 2 is 2.62 bits per heavy atom. The number of aliphatic carboxylic acids is 1. The Labute approximate surface area is 48.2 Å². The second kappa shape index (κ2) is 4.55. The van der Waals surface area contributed by atoms with Gasteiger partial charge in [0.05, 0.1) is 13.2 Å². The van der Waals surface area contributed by atoms with Gasteiger partial charge in [-0.25, -0.2) is 4.79 Å². The maximum Gasteiger partial charge on any atom is 0.329 e. The standard InChI is InChI=1S/C4H8O4/c5-1-2-8-3-4(6)7/h5H,1-3H2,(H,6,7)/i/hD. The van der Waals surface area contributed by atoms with Gasteiger partial charge in [-0.05, 0) is 0 Å². The van der Waals surface area contributed by atoms with Crippen molar-refractivity contribution in [2.45, 2.75) is 0 Å². The number of rotatable bonds is 4. The van der Waals surface area contributed by atoms with Crippen LogP contribution in [0.3, 0.4) is 0 Å². The van der Waals surface area contributed by atoms with Crippen LogP contribution in [0.4, 0.5) is 0 Å². The zero-order valence-corrected chi connectivity index (χ0v) is 4.29. The number of hydrogen-bond acceptors (Lipinski definition) is 4. The Hall–Kier alpha value is -0.610. The van der Waals surface area contributed by atoms with Crippen LogP contribution >= 0.6 is 0 Å². The van der Waals surface area contributed by atoms with Gasteiger partial charge >= 0.3 is 5.97 Å². The van der Waals surface area contributed by atoms with E-state index in [-0.39, 0.29) is 19.8 Å². The fraction of sp³-hybridized carbons (Fsp3) is 0.750. The molecule has 0 aromatic carbocycles. The first-order valence-electron chi connectivity index (χ1n) is 2.56. The highest BCUT2D eigenvalue weighted by atomic mass is 16.5. The van der Waals surface area contributed by atoms with Crippen molar-refractivity contribution in [2.24, 2.45) is 0 Å². The number of carbonyl (C=O) groups is 1. The van der Waals surface area contributed by atoms with E-state index in [0.717, 1.165) is 0 Å². The van der Waals surface area contributed by atoms with Crippen LogP contribution in [0.5, 0.6) is 0 Å². The minimum absolute atomic E-state index is 0.0924. The molecule has 0 aliphatic rings. The summed E-state index contributed by atoms with van der Waals surface area (Å²) < 4.78 is 10.5. The van der Waals surface area contributed by atoms with E-state index >= 15 is 0 Å². The van der Waals surface area contributed by atoms with E-state index in [2.05, 4.69) is 9.85 Å². The lowest BCUT2D eigenvalue weighted by Crippen LogP contribution is -2.09. The Kier molecular flexibility index (Phi) is 3.14. The summed E-state index contributed by atoms with van der Waals surface area (Å²) >= 11 is 0. The van der Waals surface area contributed by atoms with Crippen LogP contribution in [0.25, 0.3) is 1.43 Å². The summed E-state index contributed by atoms with van der Waals surface area (Å²) in [7, 11) is 0. The Bertz CT molecular complexity index is 84.6. The molecule has 0 radical (unpaired) electrons. The van der Waals surface area contributed by atoms with E-state index in [9.17, 15) is 4.79 Å². The largest absolute Gasteiger partial charge is 0.480 e. The lowest BCUT2D eigenvalue weighted by molar-refractivity contribution is -0.142. The smallest absolute Gasteiger partial charge is 0.329 e. The first-order valence-corrected chi connectivity index (χ1v) is 2.16. The highest BCUT2D eigenvalue weighted by molar-refractivity contribution is 5.67. The van der Waals surface area contributed by atoms with Crippen LogP contribution in [-0.2, 0) is 9.53 Å². The molecule has 0 fully saturated rings. The van der Waals surface area contributed by atoms with Crippen molar-refractivity contribution in [3.05, 3.63) is 0 Å². The fourth-order valence-corrected chi connectivity index (χ4v) is 0.220. The van der Waals surface area contributed by atoms with E-state index in [1.54, 1.807) is 0 Å². The molecule has 0 spiro atoms. The quantitative estimate of drug-likeness (QED) is 0.472. The number of hydrogen-bond donors (Lipinski definition) is 2. The first kappa shape index (κ1) is 5.53. The molecule has 0 heterocycles. The zero-order chi connectivity index (χ0) is 7.11. The second-order valence-electron chi connectivity index (χ2n) is 1.15. The molecule has 0 aliphatic heterocycles. The van der Waals surface area contributed by atoms with Gasteiger partial charge in [0.15, 0.2) is 0 Å². The number of carboxylic acid groups (broad SMARTS) is 1. The molecular weight excluding hydrogens is 112 g/mol.